The summed E-state index contributed by atoms with van der Waals surface area (Å²) in [5.74, 6) is -1.58. The van der Waals surface area contributed by atoms with Gasteiger partial charge in [0.2, 0.25) is 0 Å². The van der Waals surface area contributed by atoms with Gasteiger partial charge in [-0.25, -0.2) is 4.39 Å². The third kappa shape index (κ3) is 3.90. The highest BCUT2D eigenvalue weighted by molar-refractivity contribution is 5.87. The minimum Gasteiger partial charge on any atom is -0.369 e. The van der Waals surface area contributed by atoms with Crippen molar-refractivity contribution in [2.24, 2.45) is 5.41 Å². The Hall–Kier alpha value is -2.45. The van der Waals surface area contributed by atoms with E-state index in [9.17, 15) is 27.5 Å². The second-order valence-corrected chi connectivity index (χ2v) is 8.79. The van der Waals surface area contributed by atoms with Crippen LogP contribution in [0.15, 0.2) is 54.6 Å². The van der Waals surface area contributed by atoms with E-state index in [1.807, 2.05) is 0 Å². The Kier molecular flexibility index (Phi) is 6.02. The molecule has 2 heterocycles. The first kappa shape index (κ1) is 22.7. The number of benzene rings is 2. The van der Waals surface area contributed by atoms with Crippen molar-refractivity contribution < 1.29 is 27.5 Å². The van der Waals surface area contributed by atoms with Crippen LogP contribution in [0.1, 0.15) is 36.3 Å². The van der Waals surface area contributed by atoms with Gasteiger partial charge in [-0.1, -0.05) is 42.5 Å². The van der Waals surface area contributed by atoms with Gasteiger partial charge in [0.25, 0.3) is 11.5 Å². The van der Waals surface area contributed by atoms with E-state index in [0.717, 1.165) is 35.6 Å². The number of likely N-dealkylation sites (tertiary alicyclic amines) is 1. The minimum atomic E-state index is -5.15. The van der Waals surface area contributed by atoms with Crippen molar-refractivity contribution in [3.63, 3.8) is 0 Å². The fourth-order valence-electron chi connectivity index (χ4n) is 5.21. The van der Waals surface area contributed by atoms with Crippen LogP contribution < -0.4 is 5.32 Å². The smallest absolute Gasteiger partial charge is 0.369 e. The Bertz CT molecular complexity index is 941. The van der Waals surface area contributed by atoms with E-state index < -0.39 is 23.2 Å². The summed E-state index contributed by atoms with van der Waals surface area (Å²) in [4.78, 5) is 14.2. The van der Waals surface area contributed by atoms with Crippen molar-refractivity contribution >= 4 is 5.91 Å². The van der Waals surface area contributed by atoms with Gasteiger partial charge in [0.15, 0.2) is 0 Å². The van der Waals surface area contributed by atoms with Gasteiger partial charge < -0.3 is 15.3 Å². The molecule has 2 atom stereocenters. The molecule has 0 bridgehead atoms. The number of piperidine rings is 2. The second kappa shape index (κ2) is 8.48. The van der Waals surface area contributed by atoms with Crippen LogP contribution in [0.25, 0.3) is 0 Å². The average Bonchev–Trinajstić information content (AvgIpc) is 2.79. The number of carbonyl (C=O) groups is 1. The number of carbonyl (C=O) groups excluding carboxylic acids is 1. The van der Waals surface area contributed by atoms with Gasteiger partial charge >= 0.3 is 6.18 Å². The molecule has 4 rings (SSSR count). The molecule has 4 nitrogen and oxygen atoms in total. The number of alkyl halides is 3. The lowest BCUT2D eigenvalue weighted by atomic mass is 9.62. The van der Waals surface area contributed by atoms with Crippen molar-refractivity contribution in [2.75, 3.05) is 26.2 Å². The number of nitrogens with one attached hydrogen (secondary N) is 1. The summed E-state index contributed by atoms with van der Waals surface area (Å²) in [6.07, 6.45) is -3.29. The Labute approximate surface area is 184 Å². The molecule has 0 radical (unpaired) electrons. The topological polar surface area (TPSA) is 52.6 Å². The zero-order valence-electron chi connectivity index (χ0n) is 17.5. The van der Waals surface area contributed by atoms with Crippen molar-refractivity contribution in [1.29, 1.82) is 0 Å². The van der Waals surface area contributed by atoms with Crippen molar-refractivity contribution in [2.45, 2.75) is 37.0 Å². The highest BCUT2D eigenvalue weighted by Crippen LogP contribution is 2.49. The normalized spacial score (nSPS) is 23.0. The average molecular weight is 450 g/mol. The molecule has 2 aromatic carbocycles. The Morgan fingerprint density at radius 3 is 2.22 bits per heavy atom. The molecule has 2 fully saturated rings. The van der Waals surface area contributed by atoms with Crippen LogP contribution in [0.4, 0.5) is 17.6 Å². The van der Waals surface area contributed by atoms with E-state index >= 15 is 0 Å². The molecule has 2 aliphatic heterocycles. The summed E-state index contributed by atoms with van der Waals surface area (Å²) in [5, 5.41) is 14.0. The van der Waals surface area contributed by atoms with Gasteiger partial charge in [-0.2, -0.15) is 13.2 Å². The Morgan fingerprint density at radius 2 is 1.62 bits per heavy atom. The van der Waals surface area contributed by atoms with Gasteiger partial charge in [-0.15, -0.1) is 0 Å². The summed E-state index contributed by atoms with van der Waals surface area (Å²) >= 11 is 0. The van der Waals surface area contributed by atoms with Crippen LogP contribution in [-0.2, 0) is 10.4 Å². The quantitative estimate of drug-likeness (QED) is 0.696. The first-order valence-corrected chi connectivity index (χ1v) is 10.8. The van der Waals surface area contributed by atoms with E-state index in [2.05, 4.69) is 5.32 Å². The molecule has 0 unspecified atom stereocenters. The lowest BCUT2D eigenvalue weighted by molar-refractivity contribution is -0.262. The molecule has 2 aromatic rings. The molecule has 1 amide bonds. The molecule has 2 saturated heterocycles. The molecule has 0 aliphatic carbocycles. The first-order chi connectivity index (χ1) is 15.2. The molecule has 1 spiro atoms. The first-order valence-electron chi connectivity index (χ1n) is 10.8. The Balaban J connectivity index is 1.56. The standard InChI is InChI=1S/C24H26F4N2O2/c25-19-8-6-17(7-9-19)20-16-29-13-10-22(20)11-14-30(15-12-22)21(31)23(32,24(26,27)28)18-4-2-1-3-5-18/h1-9,20,29,32H,10-16H2/t20-,23+/m0/s1. The molecule has 8 heteroatoms. The summed E-state index contributed by atoms with van der Waals surface area (Å²) in [5.41, 5.74) is -3.27. The monoisotopic (exact) mass is 450 g/mol. The fourth-order valence-corrected chi connectivity index (χ4v) is 5.21. The number of halogens is 4. The number of hydrogen-bond acceptors (Lipinski definition) is 3. The van der Waals surface area contributed by atoms with Gasteiger partial charge in [0.05, 0.1) is 0 Å². The predicted molar refractivity (Wildman–Crippen MR) is 111 cm³/mol. The third-order valence-electron chi connectivity index (χ3n) is 7.12. The summed E-state index contributed by atoms with van der Waals surface area (Å²) in [6, 6.07) is 12.8. The maximum atomic E-state index is 13.9. The van der Waals surface area contributed by atoms with E-state index in [1.165, 1.54) is 30.3 Å². The lowest BCUT2D eigenvalue weighted by Gasteiger charge is -2.50. The highest BCUT2D eigenvalue weighted by Gasteiger charge is 2.62. The molecule has 0 aromatic heterocycles. The van der Waals surface area contributed by atoms with E-state index in [1.54, 1.807) is 12.1 Å². The van der Waals surface area contributed by atoms with Crippen LogP contribution in [0, 0.1) is 11.2 Å². The molecule has 2 N–H and O–H groups in total. The van der Waals surface area contributed by atoms with Crippen molar-refractivity contribution in [1.82, 2.24) is 10.2 Å². The fraction of sp³-hybridized carbons (Fsp3) is 0.458. The number of hydrogen-bond donors (Lipinski definition) is 2. The van der Waals surface area contributed by atoms with E-state index in [4.69, 9.17) is 0 Å². The summed E-state index contributed by atoms with van der Waals surface area (Å²) in [6.45, 7) is 1.72. The van der Waals surface area contributed by atoms with Crippen LogP contribution >= 0.6 is 0 Å². The minimum absolute atomic E-state index is 0.0738. The van der Waals surface area contributed by atoms with Gasteiger partial charge in [0, 0.05) is 31.1 Å². The Morgan fingerprint density at radius 1 is 1.00 bits per heavy atom. The zero-order chi connectivity index (χ0) is 23.0. The van der Waals surface area contributed by atoms with Crippen molar-refractivity contribution in [3.05, 3.63) is 71.5 Å². The van der Waals surface area contributed by atoms with E-state index in [0.29, 0.717) is 19.4 Å². The SMILES string of the molecule is O=C(N1CCC2(CCNC[C@H]2c2ccc(F)cc2)CC1)[C@](O)(c1ccccc1)C(F)(F)F. The second-order valence-electron chi connectivity index (χ2n) is 8.79. The number of amides is 1. The van der Waals surface area contributed by atoms with Crippen LogP contribution in [0.2, 0.25) is 0 Å². The zero-order valence-corrected chi connectivity index (χ0v) is 17.5. The number of nitrogens with zero attached hydrogens (tertiary/aromatic N) is 1. The maximum Gasteiger partial charge on any atom is 0.430 e. The third-order valence-corrected chi connectivity index (χ3v) is 7.12. The van der Waals surface area contributed by atoms with Gasteiger partial charge in [-0.3, -0.25) is 4.79 Å². The lowest BCUT2D eigenvalue weighted by Crippen LogP contribution is -2.59. The number of rotatable bonds is 3. The molecule has 172 valence electrons. The maximum absolute atomic E-state index is 13.9. The largest absolute Gasteiger partial charge is 0.430 e. The van der Waals surface area contributed by atoms with Crippen LogP contribution in [-0.4, -0.2) is 48.3 Å². The number of aliphatic hydroxyl groups is 1. The highest BCUT2D eigenvalue weighted by atomic mass is 19.4. The summed E-state index contributed by atoms with van der Waals surface area (Å²) in [7, 11) is 0. The molecular formula is C24H26F4N2O2. The van der Waals surface area contributed by atoms with Crippen LogP contribution in [0.5, 0.6) is 0 Å². The molecular weight excluding hydrogens is 424 g/mol. The molecule has 32 heavy (non-hydrogen) atoms. The molecule has 0 saturated carbocycles. The van der Waals surface area contributed by atoms with Gasteiger partial charge in [-0.05, 0) is 48.9 Å². The molecule has 2 aliphatic rings. The van der Waals surface area contributed by atoms with Gasteiger partial charge in [0.1, 0.15) is 5.82 Å². The van der Waals surface area contributed by atoms with Crippen molar-refractivity contribution in [3.8, 4) is 0 Å². The summed E-state index contributed by atoms with van der Waals surface area (Å²) < 4.78 is 55.2. The van der Waals surface area contributed by atoms with E-state index in [-0.39, 0.29) is 30.2 Å². The van der Waals surface area contributed by atoms with Crippen LogP contribution in [0.3, 0.4) is 0 Å². The predicted octanol–water partition coefficient (Wildman–Crippen LogP) is 3.96.